The topological polar surface area (TPSA) is 21.3 Å². The standard InChI is InChI=1S/C13H27NO/c1-4-7-13(14-5-2)11-8-6-9-12(10-11)15-3/h11-14H,4-10H2,1-3H3. The molecular formula is C13H27NO. The minimum Gasteiger partial charge on any atom is -0.381 e. The number of ether oxygens (including phenoxy) is 1. The third-order valence-electron chi connectivity index (χ3n) is 3.64. The summed E-state index contributed by atoms with van der Waals surface area (Å²) in [7, 11) is 1.86. The van der Waals surface area contributed by atoms with Gasteiger partial charge in [0.1, 0.15) is 0 Å². The van der Waals surface area contributed by atoms with Gasteiger partial charge in [-0.1, -0.05) is 26.7 Å². The lowest BCUT2D eigenvalue weighted by molar-refractivity contribution is 0.0413. The average molecular weight is 213 g/mol. The van der Waals surface area contributed by atoms with Crippen LogP contribution in [0.4, 0.5) is 0 Å². The van der Waals surface area contributed by atoms with Gasteiger partial charge in [-0.2, -0.15) is 0 Å². The van der Waals surface area contributed by atoms with Gasteiger partial charge in [-0.05, 0) is 38.1 Å². The van der Waals surface area contributed by atoms with E-state index in [1.807, 2.05) is 7.11 Å². The lowest BCUT2D eigenvalue weighted by Crippen LogP contribution is -2.39. The van der Waals surface area contributed by atoms with Gasteiger partial charge >= 0.3 is 0 Å². The van der Waals surface area contributed by atoms with Crippen molar-refractivity contribution in [1.82, 2.24) is 5.32 Å². The molecule has 1 rings (SSSR count). The summed E-state index contributed by atoms with van der Waals surface area (Å²) in [6.45, 7) is 5.58. The van der Waals surface area contributed by atoms with Crippen molar-refractivity contribution in [2.75, 3.05) is 13.7 Å². The van der Waals surface area contributed by atoms with Crippen molar-refractivity contribution in [3.8, 4) is 0 Å². The third kappa shape index (κ3) is 4.12. The molecule has 3 unspecified atom stereocenters. The van der Waals surface area contributed by atoms with Crippen LogP contribution in [-0.2, 0) is 4.74 Å². The van der Waals surface area contributed by atoms with E-state index in [1.165, 1.54) is 38.5 Å². The second kappa shape index (κ2) is 7.24. The first kappa shape index (κ1) is 13.0. The molecule has 1 fully saturated rings. The predicted molar refractivity (Wildman–Crippen MR) is 65.1 cm³/mol. The fourth-order valence-corrected chi connectivity index (χ4v) is 2.84. The number of rotatable bonds is 6. The molecule has 0 aromatic heterocycles. The van der Waals surface area contributed by atoms with E-state index in [9.17, 15) is 0 Å². The van der Waals surface area contributed by atoms with Crippen LogP contribution in [-0.4, -0.2) is 25.8 Å². The molecule has 0 radical (unpaired) electrons. The molecule has 1 saturated carbocycles. The Balaban J connectivity index is 2.42. The zero-order chi connectivity index (χ0) is 11.1. The molecule has 0 saturated heterocycles. The van der Waals surface area contributed by atoms with Crippen LogP contribution in [0.3, 0.4) is 0 Å². The first-order valence-corrected chi connectivity index (χ1v) is 6.57. The normalized spacial score (nSPS) is 29.0. The van der Waals surface area contributed by atoms with Gasteiger partial charge in [-0.3, -0.25) is 0 Å². The van der Waals surface area contributed by atoms with Crippen LogP contribution in [0.15, 0.2) is 0 Å². The maximum Gasteiger partial charge on any atom is 0.0574 e. The first-order chi connectivity index (χ1) is 7.31. The smallest absolute Gasteiger partial charge is 0.0574 e. The Kier molecular flexibility index (Phi) is 6.26. The van der Waals surface area contributed by atoms with E-state index in [1.54, 1.807) is 0 Å². The molecule has 3 atom stereocenters. The molecule has 1 N–H and O–H groups in total. The molecule has 0 aromatic carbocycles. The monoisotopic (exact) mass is 213 g/mol. The lowest BCUT2D eigenvalue weighted by Gasteiger charge is -2.34. The van der Waals surface area contributed by atoms with Gasteiger partial charge in [-0.15, -0.1) is 0 Å². The minimum atomic E-state index is 0.516. The molecule has 15 heavy (non-hydrogen) atoms. The van der Waals surface area contributed by atoms with E-state index >= 15 is 0 Å². The van der Waals surface area contributed by atoms with Gasteiger partial charge in [0.15, 0.2) is 0 Å². The van der Waals surface area contributed by atoms with Gasteiger partial charge in [0, 0.05) is 13.2 Å². The highest BCUT2D eigenvalue weighted by atomic mass is 16.5. The summed E-state index contributed by atoms with van der Waals surface area (Å²) in [4.78, 5) is 0. The highest BCUT2D eigenvalue weighted by Gasteiger charge is 2.27. The predicted octanol–water partition coefficient (Wildman–Crippen LogP) is 2.97. The van der Waals surface area contributed by atoms with Crippen LogP contribution in [0.2, 0.25) is 0 Å². The van der Waals surface area contributed by atoms with E-state index in [0.29, 0.717) is 6.10 Å². The summed E-state index contributed by atoms with van der Waals surface area (Å²) >= 11 is 0. The fraction of sp³-hybridized carbons (Fsp3) is 1.00. The van der Waals surface area contributed by atoms with E-state index in [2.05, 4.69) is 19.2 Å². The second-order valence-electron chi connectivity index (χ2n) is 4.74. The number of methoxy groups -OCH3 is 1. The molecule has 2 heteroatoms. The van der Waals surface area contributed by atoms with Gasteiger partial charge in [0.05, 0.1) is 6.10 Å². The molecule has 0 aliphatic heterocycles. The van der Waals surface area contributed by atoms with Crippen molar-refractivity contribution in [2.24, 2.45) is 5.92 Å². The number of hydrogen-bond donors (Lipinski definition) is 1. The van der Waals surface area contributed by atoms with Crippen LogP contribution < -0.4 is 5.32 Å². The van der Waals surface area contributed by atoms with Crippen molar-refractivity contribution >= 4 is 0 Å². The maximum absolute atomic E-state index is 5.50. The molecule has 0 spiro atoms. The summed E-state index contributed by atoms with van der Waals surface area (Å²) in [5, 5.41) is 3.64. The van der Waals surface area contributed by atoms with Gasteiger partial charge in [0.2, 0.25) is 0 Å². The van der Waals surface area contributed by atoms with Crippen molar-refractivity contribution in [3.05, 3.63) is 0 Å². The van der Waals surface area contributed by atoms with Crippen molar-refractivity contribution in [1.29, 1.82) is 0 Å². The molecule has 0 aromatic rings. The highest BCUT2D eigenvalue weighted by Crippen LogP contribution is 2.29. The van der Waals surface area contributed by atoms with E-state index < -0.39 is 0 Å². The minimum absolute atomic E-state index is 0.516. The molecule has 2 nitrogen and oxygen atoms in total. The second-order valence-corrected chi connectivity index (χ2v) is 4.74. The fourth-order valence-electron chi connectivity index (χ4n) is 2.84. The molecular weight excluding hydrogens is 186 g/mol. The van der Waals surface area contributed by atoms with Gasteiger partial charge in [0.25, 0.3) is 0 Å². The molecule has 90 valence electrons. The Labute approximate surface area is 94.8 Å². The van der Waals surface area contributed by atoms with E-state index in [-0.39, 0.29) is 0 Å². The Hall–Kier alpha value is -0.0800. The van der Waals surface area contributed by atoms with Crippen LogP contribution in [0.1, 0.15) is 52.4 Å². The molecule has 1 aliphatic carbocycles. The highest BCUT2D eigenvalue weighted by molar-refractivity contribution is 4.82. The summed E-state index contributed by atoms with van der Waals surface area (Å²) < 4.78 is 5.50. The Bertz CT molecular complexity index is 155. The quantitative estimate of drug-likeness (QED) is 0.732. The van der Waals surface area contributed by atoms with Crippen molar-refractivity contribution in [3.63, 3.8) is 0 Å². The lowest BCUT2D eigenvalue weighted by atomic mass is 9.81. The summed E-state index contributed by atoms with van der Waals surface area (Å²) in [5.74, 6) is 0.837. The average Bonchev–Trinajstić information content (AvgIpc) is 2.29. The number of hydrogen-bond acceptors (Lipinski definition) is 2. The Morgan fingerprint density at radius 3 is 2.73 bits per heavy atom. The van der Waals surface area contributed by atoms with Crippen molar-refractivity contribution < 1.29 is 4.74 Å². The van der Waals surface area contributed by atoms with Crippen LogP contribution in [0.5, 0.6) is 0 Å². The van der Waals surface area contributed by atoms with Crippen molar-refractivity contribution in [2.45, 2.75) is 64.5 Å². The molecule has 0 bridgehead atoms. The zero-order valence-electron chi connectivity index (χ0n) is 10.6. The Morgan fingerprint density at radius 1 is 1.33 bits per heavy atom. The van der Waals surface area contributed by atoms with Crippen LogP contribution in [0.25, 0.3) is 0 Å². The third-order valence-corrected chi connectivity index (χ3v) is 3.64. The molecule has 1 aliphatic rings. The molecule has 0 amide bonds. The zero-order valence-corrected chi connectivity index (χ0v) is 10.6. The number of nitrogens with one attached hydrogen (secondary N) is 1. The van der Waals surface area contributed by atoms with Crippen LogP contribution in [0, 0.1) is 5.92 Å². The molecule has 0 heterocycles. The van der Waals surface area contributed by atoms with Gasteiger partial charge in [-0.25, -0.2) is 0 Å². The van der Waals surface area contributed by atoms with Gasteiger partial charge < -0.3 is 10.1 Å². The summed E-state index contributed by atoms with van der Waals surface area (Å²) in [5.41, 5.74) is 0. The van der Waals surface area contributed by atoms with E-state index in [4.69, 9.17) is 4.74 Å². The SMILES string of the molecule is CCCC(NCC)C1CCCC(OC)C1. The summed E-state index contributed by atoms with van der Waals surface area (Å²) in [6, 6.07) is 0.720. The van der Waals surface area contributed by atoms with E-state index in [0.717, 1.165) is 18.5 Å². The Morgan fingerprint density at radius 2 is 2.13 bits per heavy atom. The summed E-state index contributed by atoms with van der Waals surface area (Å²) in [6.07, 6.45) is 8.36. The first-order valence-electron chi connectivity index (χ1n) is 6.57. The van der Waals surface area contributed by atoms with Crippen LogP contribution >= 0.6 is 0 Å². The maximum atomic E-state index is 5.50. The largest absolute Gasteiger partial charge is 0.381 e.